The molecule has 9 nitrogen and oxygen atoms in total. The summed E-state index contributed by atoms with van der Waals surface area (Å²) in [6.07, 6.45) is 0.347. The number of hydrogen-bond acceptors (Lipinski definition) is 5. The Balaban J connectivity index is 3.13. The molecule has 0 aliphatic rings. The first-order chi connectivity index (χ1) is 9.13. The highest BCUT2D eigenvalue weighted by Gasteiger charge is 2.26. The van der Waals surface area contributed by atoms with Gasteiger partial charge in [0.15, 0.2) is 4.90 Å². The highest BCUT2D eigenvalue weighted by Crippen LogP contribution is 2.10. The smallest absolute Gasteiger partial charge is 0.325 e. The molecule has 0 aliphatic heterocycles. The molecule has 0 aliphatic carbocycles. The second-order valence-electron chi connectivity index (χ2n) is 4.51. The van der Waals surface area contributed by atoms with Crippen molar-refractivity contribution in [3.63, 3.8) is 0 Å². The van der Waals surface area contributed by atoms with Crippen molar-refractivity contribution in [2.24, 2.45) is 5.92 Å². The summed E-state index contributed by atoms with van der Waals surface area (Å²) in [6, 6.07) is -0.871. The first kappa shape index (κ1) is 16.1. The van der Waals surface area contributed by atoms with E-state index in [1.807, 2.05) is 4.98 Å². The molecule has 1 heterocycles. The van der Waals surface area contributed by atoms with Crippen molar-refractivity contribution in [3.05, 3.63) is 27.0 Å². The molecule has 1 aromatic rings. The largest absolute Gasteiger partial charge is 0.481 e. The first-order valence-corrected chi connectivity index (χ1v) is 7.18. The minimum absolute atomic E-state index is 0.289. The molecule has 20 heavy (non-hydrogen) atoms. The molecule has 112 valence electrons. The predicted octanol–water partition coefficient (Wildman–Crippen LogP) is -1.16. The Bertz CT molecular complexity index is 702. The van der Waals surface area contributed by atoms with Gasteiger partial charge in [-0.05, 0) is 5.92 Å². The molecule has 1 atom stereocenters. The summed E-state index contributed by atoms with van der Waals surface area (Å²) in [5.74, 6) is -1.45. The van der Waals surface area contributed by atoms with E-state index in [4.69, 9.17) is 5.11 Å². The van der Waals surface area contributed by atoms with Crippen LogP contribution in [0.25, 0.3) is 0 Å². The van der Waals surface area contributed by atoms with E-state index in [1.165, 1.54) is 0 Å². The van der Waals surface area contributed by atoms with Gasteiger partial charge in [-0.25, -0.2) is 17.9 Å². The van der Waals surface area contributed by atoms with Gasteiger partial charge in [0.1, 0.15) is 0 Å². The fourth-order valence-corrected chi connectivity index (χ4v) is 2.85. The number of sulfonamides is 1. The average Bonchev–Trinajstić information content (AvgIpc) is 2.26. The maximum absolute atomic E-state index is 12.0. The van der Waals surface area contributed by atoms with Crippen LogP contribution >= 0.6 is 0 Å². The van der Waals surface area contributed by atoms with Crippen molar-refractivity contribution in [2.45, 2.75) is 31.2 Å². The highest BCUT2D eigenvalue weighted by atomic mass is 32.2. The minimum Gasteiger partial charge on any atom is -0.481 e. The molecule has 0 amide bonds. The Morgan fingerprint density at radius 2 is 2.00 bits per heavy atom. The molecule has 1 aromatic heterocycles. The zero-order valence-corrected chi connectivity index (χ0v) is 11.7. The normalized spacial score (nSPS) is 13.3. The molecule has 1 rings (SSSR count). The Hall–Kier alpha value is -1.94. The molecule has 4 N–H and O–H groups in total. The van der Waals surface area contributed by atoms with Gasteiger partial charge in [0.05, 0.1) is 6.42 Å². The fourth-order valence-electron chi connectivity index (χ4n) is 1.46. The van der Waals surface area contributed by atoms with Crippen LogP contribution < -0.4 is 16.0 Å². The maximum atomic E-state index is 12.0. The third-order valence-corrected chi connectivity index (χ3v) is 4.08. The average molecular weight is 305 g/mol. The predicted molar refractivity (Wildman–Crippen MR) is 68.9 cm³/mol. The molecule has 0 saturated carbocycles. The Morgan fingerprint density at radius 1 is 1.40 bits per heavy atom. The number of hydrogen-bond donors (Lipinski definition) is 4. The molecule has 0 radical (unpaired) electrons. The van der Waals surface area contributed by atoms with E-state index in [2.05, 4.69) is 4.72 Å². The van der Waals surface area contributed by atoms with Gasteiger partial charge in [0, 0.05) is 12.2 Å². The topological polar surface area (TPSA) is 149 Å². The monoisotopic (exact) mass is 305 g/mol. The van der Waals surface area contributed by atoms with Gasteiger partial charge in [0.2, 0.25) is 10.0 Å². The van der Waals surface area contributed by atoms with Gasteiger partial charge >= 0.3 is 11.7 Å². The number of aliphatic carboxylic acids is 1. The van der Waals surface area contributed by atoms with Crippen LogP contribution in [-0.4, -0.2) is 35.5 Å². The van der Waals surface area contributed by atoms with Gasteiger partial charge in [-0.3, -0.25) is 14.6 Å². The zero-order chi connectivity index (χ0) is 15.5. The van der Waals surface area contributed by atoms with E-state index in [0.29, 0.717) is 0 Å². The summed E-state index contributed by atoms with van der Waals surface area (Å²) in [6.45, 7) is 3.29. The summed E-state index contributed by atoms with van der Waals surface area (Å²) in [5, 5.41) is 8.74. The Labute approximate surface area is 114 Å². The highest BCUT2D eigenvalue weighted by molar-refractivity contribution is 7.89. The number of aromatic nitrogens is 2. The molecule has 10 heteroatoms. The molecule has 0 bridgehead atoms. The van der Waals surface area contributed by atoms with Gasteiger partial charge < -0.3 is 10.1 Å². The minimum atomic E-state index is -4.22. The second-order valence-corrected chi connectivity index (χ2v) is 6.19. The second kappa shape index (κ2) is 6.01. The number of carbonyl (C=O) groups is 1. The van der Waals surface area contributed by atoms with Crippen molar-refractivity contribution in [1.82, 2.24) is 14.7 Å². The van der Waals surface area contributed by atoms with Gasteiger partial charge in [-0.2, -0.15) is 0 Å². The molecule has 0 aromatic carbocycles. The summed E-state index contributed by atoms with van der Waals surface area (Å²) in [7, 11) is -4.22. The first-order valence-electron chi connectivity index (χ1n) is 5.69. The van der Waals surface area contributed by atoms with Gasteiger partial charge in [0.25, 0.3) is 5.56 Å². The van der Waals surface area contributed by atoms with Crippen molar-refractivity contribution in [3.8, 4) is 0 Å². The summed E-state index contributed by atoms with van der Waals surface area (Å²) < 4.78 is 26.2. The molecular weight excluding hydrogens is 290 g/mol. The van der Waals surface area contributed by atoms with E-state index >= 15 is 0 Å². The van der Waals surface area contributed by atoms with E-state index in [-0.39, 0.29) is 5.92 Å². The van der Waals surface area contributed by atoms with Crippen molar-refractivity contribution >= 4 is 16.0 Å². The lowest BCUT2D eigenvalue weighted by Gasteiger charge is -2.20. The lowest BCUT2D eigenvalue weighted by Crippen LogP contribution is -2.42. The summed E-state index contributed by atoms with van der Waals surface area (Å²) in [5.41, 5.74) is -1.90. The number of nitrogens with one attached hydrogen (secondary N) is 3. The van der Waals surface area contributed by atoms with Gasteiger partial charge in [-0.1, -0.05) is 13.8 Å². The summed E-state index contributed by atoms with van der Waals surface area (Å²) >= 11 is 0. The molecule has 1 unspecified atom stereocenters. The lowest BCUT2D eigenvalue weighted by molar-refractivity contribution is -0.137. The van der Waals surface area contributed by atoms with E-state index in [9.17, 15) is 22.8 Å². The van der Waals surface area contributed by atoms with Crippen LogP contribution in [0.3, 0.4) is 0 Å². The van der Waals surface area contributed by atoms with Crippen LogP contribution in [-0.2, 0) is 14.8 Å². The van der Waals surface area contributed by atoms with E-state index in [0.717, 1.165) is 6.20 Å². The number of carboxylic acid groups (broad SMARTS) is 1. The zero-order valence-electron chi connectivity index (χ0n) is 10.8. The molecular formula is C10H15N3O6S. The molecule has 0 saturated heterocycles. The van der Waals surface area contributed by atoms with E-state index in [1.54, 1.807) is 18.8 Å². The van der Waals surface area contributed by atoms with Crippen molar-refractivity contribution in [1.29, 1.82) is 0 Å². The number of carboxylic acids is 1. The Morgan fingerprint density at radius 3 is 2.45 bits per heavy atom. The SMILES string of the molecule is CC(C)C(CC(=O)O)NS(=O)(=O)c1c[nH]c(=O)[nH]c1=O. The van der Waals surface area contributed by atoms with Crippen LogP contribution in [0.15, 0.2) is 20.7 Å². The maximum Gasteiger partial charge on any atom is 0.325 e. The molecule has 0 spiro atoms. The molecule has 0 fully saturated rings. The van der Waals surface area contributed by atoms with Crippen molar-refractivity contribution < 1.29 is 18.3 Å². The number of aromatic amines is 2. The van der Waals surface area contributed by atoms with Crippen LogP contribution in [0.5, 0.6) is 0 Å². The fraction of sp³-hybridized carbons (Fsp3) is 0.500. The van der Waals surface area contributed by atoms with Crippen molar-refractivity contribution in [2.75, 3.05) is 0 Å². The number of H-pyrrole nitrogens is 2. The van der Waals surface area contributed by atoms with Crippen LogP contribution in [0.4, 0.5) is 0 Å². The third-order valence-electron chi connectivity index (χ3n) is 2.58. The lowest BCUT2D eigenvalue weighted by atomic mass is 10.0. The summed E-state index contributed by atoms with van der Waals surface area (Å²) in [4.78, 5) is 36.1. The van der Waals surface area contributed by atoms with Crippen LogP contribution in [0, 0.1) is 5.92 Å². The third kappa shape index (κ3) is 4.03. The van der Waals surface area contributed by atoms with E-state index < -0.39 is 44.6 Å². The van der Waals surface area contributed by atoms with Crippen LogP contribution in [0.1, 0.15) is 20.3 Å². The standard InChI is InChI=1S/C10H15N3O6S/c1-5(2)6(3-8(14)15)13-20(18,19)7-4-11-10(17)12-9(7)16/h4-6,13H,3H2,1-2H3,(H,14,15)(H2,11,12,16,17). The Kier molecular flexibility index (Phi) is 4.84. The van der Waals surface area contributed by atoms with Crippen LogP contribution in [0.2, 0.25) is 0 Å². The van der Waals surface area contributed by atoms with Gasteiger partial charge in [-0.15, -0.1) is 0 Å². The quantitative estimate of drug-likeness (QED) is 0.521. The number of rotatable bonds is 6.